The Bertz CT molecular complexity index is 425. The maximum Gasteiger partial charge on any atom is 0.0291 e. The molecular weight excluding hydrogens is 208 g/mol. The van der Waals surface area contributed by atoms with Crippen molar-refractivity contribution < 1.29 is 0 Å². The van der Waals surface area contributed by atoms with E-state index in [-0.39, 0.29) is 0 Å². The standard InChI is InChI=1S/C15H18N2/c1-13(15-5-3-2-4-6-15)17-12-9-14-7-10-16-11-8-14/h2-8,10-11,13,17H,9,12H2,1H3/t13-/m1/s1. The molecule has 0 aliphatic heterocycles. The van der Waals surface area contributed by atoms with Crippen LogP contribution in [-0.4, -0.2) is 11.5 Å². The summed E-state index contributed by atoms with van der Waals surface area (Å²) in [5.41, 5.74) is 2.66. The van der Waals surface area contributed by atoms with E-state index >= 15 is 0 Å². The van der Waals surface area contributed by atoms with Crippen LogP contribution in [0.25, 0.3) is 0 Å². The van der Waals surface area contributed by atoms with Crippen LogP contribution in [0.4, 0.5) is 0 Å². The van der Waals surface area contributed by atoms with E-state index in [2.05, 4.69) is 53.6 Å². The number of aromatic nitrogens is 1. The minimum absolute atomic E-state index is 0.401. The third kappa shape index (κ3) is 3.68. The smallest absolute Gasteiger partial charge is 0.0291 e. The molecule has 0 unspecified atom stereocenters. The molecule has 2 rings (SSSR count). The van der Waals surface area contributed by atoms with Crippen LogP contribution in [0.5, 0.6) is 0 Å². The number of benzene rings is 1. The molecule has 1 aromatic heterocycles. The molecule has 2 nitrogen and oxygen atoms in total. The zero-order valence-corrected chi connectivity index (χ0v) is 10.1. The van der Waals surface area contributed by atoms with Gasteiger partial charge < -0.3 is 5.32 Å². The Kier molecular flexibility index (Phi) is 4.28. The van der Waals surface area contributed by atoms with E-state index in [1.807, 2.05) is 18.5 Å². The van der Waals surface area contributed by atoms with Crippen molar-refractivity contribution in [1.29, 1.82) is 0 Å². The summed E-state index contributed by atoms with van der Waals surface area (Å²) < 4.78 is 0. The largest absolute Gasteiger partial charge is 0.310 e. The molecule has 0 amide bonds. The normalized spacial score (nSPS) is 12.3. The van der Waals surface area contributed by atoms with Gasteiger partial charge in [0.15, 0.2) is 0 Å². The van der Waals surface area contributed by atoms with Crippen molar-refractivity contribution in [2.24, 2.45) is 0 Å². The van der Waals surface area contributed by atoms with E-state index in [1.54, 1.807) is 0 Å². The van der Waals surface area contributed by atoms with Gasteiger partial charge in [-0.25, -0.2) is 0 Å². The van der Waals surface area contributed by atoms with Gasteiger partial charge in [0.05, 0.1) is 0 Å². The van der Waals surface area contributed by atoms with E-state index in [0.29, 0.717) is 6.04 Å². The Balaban J connectivity index is 1.79. The molecule has 88 valence electrons. The van der Waals surface area contributed by atoms with Gasteiger partial charge in [0.25, 0.3) is 0 Å². The van der Waals surface area contributed by atoms with Gasteiger partial charge in [-0.1, -0.05) is 30.3 Å². The first-order valence-electron chi connectivity index (χ1n) is 6.03. The van der Waals surface area contributed by atoms with Crippen molar-refractivity contribution in [3.63, 3.8) is 0 Å². The van der Waals surface area contributed by atoms with Crippen molar-refractivity contribution in [2.45, 2.75) is 19.4 Å². The van der Waals surface area contributed by atoms with Crippen LogP contribution < -0.4 is 5.32 Å². The molecule has 0 fully saturated rings. The number of pyridine rings is 1. The summed E-state index contributed by atoms with van der Waals surface area (Å²) in [5, 5.41) is 3.53. The average Bonchev–Trinajstić information content (AvgIpc) is 2.41. The number of hydrogen-bond acceptors (Lipinski definition) is 2. The van der Waals surface area contributed by atoms with Crippen molar-refractivity contribution >= 4 is 0 Å². The highest BCUT2D eigenvalue weighted by atomic mass is 14.9. The zero-order valence-electron chi connectivity index (χ0n) is 10.1. The van der Waals surface area contributed by atoms with Crippen molar-refractivity contribution in [3.05, 3.63) is 66.0 Å². The number of nitrogens with zero attached hydrogens (tertiary/aromatic N) is 1. The van der Waals surface area contributed by atoms with Gasteiger partial charge in [0.2, 0.25) is 0 Å². The molecule has 17 heavy (non-hydrogen) atoms. The van der Waals surface area contributed by atoms with E-state index < -0.39 is 0 Å². The highest BCUT2D eigenvalue weighted by molar-refractivity contribution is 5.18. The molecule has 1 heterocycles. The monoisotopic (exact) mass is 226 g/mol. The third-order valence-electron chi connectivity index (χ3n) is 2.91. The molecule has 0 radical (unpaired) electrons. The second-order valence-corrected chi connectivity index (χ2v) is 4.19. The van der Waals surface area contributed by atoms with Gasteiger partial charge in [-0.15, -0.1) is 0 Å². The SMILES string of the molecule is C[C@@H](NCCc1ccncc1)c1ccccc1. The Labute approximate surface area is 103 Å². The van der Waals surface area contributed by atoms with Crippen LogP contribution >= 0.6 is 0 Å². The van der Waals surface area contributed by atoms with E-state index in [4.69, 9.17) is 0 Å². The predicted molar refractivity (Wildman–Crippen MR) is 70.8 cm³/mol. The van der Waals surface area contributed by atoms with Crippen LogP contribution in [0.2, 0.25) is 0 Å². The highest BCUT2D eigenvalue weighted by Crippen LogP contribution is 2.10. The Morgan fingerprint density at radius 2 is 1.76 bits per heavy atom. The number of hydrogen-bond donors (Lipinski definition) is 1. The predicted octanol–water partition coefficient (Wildman–Crippen LogP) is 2.97. The Morgan fingerprint density at radius 1 is 1.06 bits per heavy atom. The van der Waals surface area contributed by atoms with Gasteiger partial charge in [0, 0.05) is 18.4 Å². The highest BCUT2D eigenvalue weighted by Gasteiger charge is 2.02. The molecule has 0 saturated heterocycles. The molecule has 1 atom stereocenters. The van der Waals surface area contributed by atoms with Gasteiger partial charge >= 0.3 is 0 Å². The first-order chi connectivity index (χ1) is 8.36. The molecular formula is C15H18N2. The molecule has 1 aromatic carbocycles. The fourth-order valence-corrected chi connectivity index (χ4v) is 1.84. The molecule has 0 aliphatic rings. The lowest BCUT2D eigenvalue weighted by atomic mass is 10.1. The summed E-state index contributed by atoms with van der Waals surface area (Å²) in [4.78, 5) is 4.02. The topological polar surface area (TPSA) is 24.9 Å². The van der Waals surface area contributed by atoms with E-state index in [0.717, 1.165) is 13.0 Å². The zero-order chi connectivity index (χ0) is 11.9. The molecule has 2 aromatic rings. The van der Waals surface area contributed by atoms with E-state index in [1.165, 1.54) is 11.1 Å². The van der Waals surface area contributed by atoms with Crippen molar-refractivity contribution in [3.8, 4) is 0 Å². The van der Waals surface area contributed by atoms with Gasteiger partial charge in [-0.2, -0.15) is 0 Å². The number of nitrogens with one attached hydrogen (secondary N) is 1. The average molecular weight is 226 g/mol. The van der Waals surface area contributed by atoms with Gasteiger partial charge in [-0.05, 0) is 43.1 Å². The Hall–Kier alpha value is -1.67. The summed E-state index contributed by atoms with van der Waals surface area (Å²) >= 11 is 0. The second kappa shape index (κ2) is 6.16. The summed E-state index contributed by atoms with van der Waals surface area (Å²) in [6, 6.07) is 15.1. The van der Waals surface area contributed by atoms with Crippen LogP contribution in [0.15, 0.2) is 54.9 Å². The van der Waals surface area contributed by atoms with Gasteiger partial charge in [0.1, 0.15) is 0 Å². The summed E-state index contributed by atoms with van der Waals surface area (Å²) in [6.07, 6.45) is 4.73. The van der Waals surface area contributed by atoms with Crippen LogP contribution in [0.3, 0.4) is 0 Å². The lowest BCUT2D eigenvalue weighted by Gasteiger charge is -2.13. The Morgan fingerprint density at radius 3 is 2.47 bits per heavy atom. The molecule has 0 aliphatic carbocycles. The van der Waals surface area contributed by atoms with Gasteiger partial charge in [-0.3, -0.25) is 4.98 Å². The maximum absolute atomic E-state index is 4.02. The van der Waals surface area contributed by atoms with E-state index in [9.17, 15) is 0 Å². The minimum Gasteiger partial charge on any atom is -0.310 e. The van der Waals surface area contributed by atoms with Crippen molar-refractivity contribution in [2.75, 3.05) is 6.54 Å². The van der Waals surface area contributed by atoms with Crippen molar-refractivity contribution in [1.82, 2.24) is 10.3 Å². The fourth-order valence-electron chi connectivity index (χ4n) is 1.84. The summed E-state index contributed by atoms with van der Waals surface area (Å²) in [7, 11) is 0. The van der Waals surface area contributed by atoms with Crippen LogP contribution in [-0.2, 0) is 6.42 Å². The lowest BCUT2D eigenvalue weighted by molar-refractivity contribution is 0.577. The first-order valence-corrected chi connectivity index (χ1v) is 6.03. The first kappa shape index (κ1) is 11.8. The lowest BCUT2D eigenvalue weighted by Crippen LogP contribution is -2.21. The molecule has 0 bridgehead atoms. The fraction of sp³-hybridized carbons (Fsp3) is 0.267. The summed E-state index contributed by atoms with van der Waals surface area (Å²) in [6.45, 7) is 3.18. The minimum atomic E-state index is 0.401. The molecule has 2 heteroatoms. The second-order valence-electron chi connectivity index (χ2n) is 4.19. The van der Waals surface area contributed by atoms with Crippen LogP contribution in [0.1, 0.15) is 24.1 Å². The molecule has 0 spiro atoms. The number of rotatable bonds is 5. The maximum atomic E-state index is 4.02. The molecule has 1 N–H and O–H groups in total. The molecule has 0 saturated carbocycles. The van der Waals surface area contributed by atoms with Crippen LogP contribution in [0, 0.1) is 0 Å². The quantitative estimate of drug-likeness (QED) is 0.847. The third-order valence-corrected chi connectivity index (χ3v) is 2.91. The summed E-state index contributed by atoms with van der Waals surface area (Å²) in [5.74, 6) is 0.